The maximum Gasteiger partial charge on any atom is 0.266 e. The normalized spacial score (nSPS) is 20.7. The molecule has 0 amide bonds. The van der Waals surface area contributed by atoms with Crippen molar-refractivity contribution in [1.82, 2.24) is 9.80 Å². The summed E-state index contributed by atoms with van der Waals surface area (Å²) in [5.74, 6) is -0.326. The van der Waals surface area contributed by atoms with E-state index in [1.165, 1.54) is 6.54 Å². The van der Waals surface area contributed by atoms with Crippen LogP contribution in [0.25, 0.3) is 0 Å². The lowest BCUT2D eigenvalue weighted by molar-refractivity contribution is 0.130. The van der Waals surface area contributed by atoms with Gasteiger partial charge in [-0.2, -0.15) is 8.42 Å². The van der Waals surface area contributed by atoms with E-state index in [4.69, 9.17) is 9.66 Å². The van der Waals surface area contributed by atoms with Crippen LogP contribution < -0.4 is 0 Å². The van der Waals surface area contributed by atoms with E-state index in [9.17, 15) is 8.42 Å². The van der Waals surface area contributed by atoms with Crippen molar-refractivity contribution in [3.63, 3.8) is 0 Å². The Hall–Kier alpha value is -0.210. The van der Waals surface area contributed by atoms with Crippen LogP contribution in [-0.4, -0.2) is 73.0 Å². The molecular formula is C8H17N2O4S. The Kier molecular flexibility index (Phi) is 4.94. The fourth-order valence-electron chi connectivity index (χ4n) is 1.51. The van der Waals surface area contributed by atoms with Gasteiger partial charge in [0.05, 0.1) is 12.4 Å². The number of piperazine rings is 1. The molecule has 1 saturated heterocycles. The first-order valence-corrected chi connectivity index (χ1v) is 6.48. The standard InChI is InChI=1S/C8H17N2O4S/c11-7-5-9-1-3-10(4-2-9)6-8-15(12,13)14/h6,11H,1-5,7-8H2,(H,12,13,14). The predicted octanol–water partition coefficient (Wildman–Crippen LogP) is -1.35. The third kappa shape index (κ3) is 5.43. The lowest BCUT2D eigenvalue weighted by atomic mass is 10.3. The Morgan fingerprint density at radius 1 is 1.20 bits per heavy atom. The highest BCUT2D eigenvalue weighted by molar-refractivity contribution is 7.85. The molecule has 0 unspecified atom stereocenters. The molecule has 1 rings (SSSR count). The molecule has 2 N–H and O–H groups in total. The lowest BCUT2D eigenvalue weighted by Gasteiger charge is -2.33. The van der Waals surface area contributed by atoms with Crippen molar-refractivity contribution in [1.29, 1.82) is 0 Å². The molecule has 0 saturated carbocycles. The zero-order valence-corrected chi connectivity index (χ0v) is 9.36. The molecule has 1 heterocycles. The molecular weight excluding hydrogens is 220 g/mol. The van der Waals surface area contributed by atoms with Crippen LogP contribution >= 0.6 is 0 Å². The summed E-state index contributed by atoms with van der Waals surface area (Å²) in [7, 11) is -3.90. The fourth-order valence-corrected chi connectivity index (χ4v) is 1.91. The molecule has 0 aliphatic carbocycles. The lowest BCUT2D eigenvalue weighted by Crippen LogP contribution is -2.46. The van der Waals surface area contributed by atoms with Gasteiger partial charge < -0.3 is 5.11 Å². The van der Waals surface area contributed by atoms with E-state index in [0.717, 1.165) is 26.2 Å². The van der Waals surface area contributed by atoms with E-state index < -0.39 is 10.1 Å². The van der Waals surface area contributed by atoms with Gasteiger partial charge >= 0.3 is 0 Å². The van der Waals surface area contributed by atoms with E-state index in [-0.39, 0.29) is 12.4 Å². The predicted molar refractivity (Wildman–Crippen MR) is 55.8 cm³/mol. The third-order valence-electron chi connectivity index (χ3n) is 2.37. The Balaban J connectivity index is 2.20. The molecule has 6 nitrogen and oxygen atoms in total. The Morgan fingerprint density at radius 3 is 2.27 bits per heavy atom. The van der Waals surface area contributed by atoms with Crippen LogP contribution in [0.5, 0.6) is 0 Å². The van der Waals surface area contributed by atoms with Gasteiger partial charge in [0.2, 0.25) is 0 Å². The maximum absolute atomic E-state index is 10.5. The van der Waals surface area contributed by atoms with Crippen LogP contribution in [0.15, 0.2) is 0 Å². The topological polar surface area (TPSA) is 81.1 Å². The summed E-state index contributed by atoms with van der Waals surface area (Å²) in [6.45, 7) is 5.39. The molecule has 1 radical (unpaired) electrons. The molecule has 0 aromatic carbocycles. The molecule has 1 aliphatic rings. The zero-order valence-electron chi connectivity index (χ0n) is 8.54. The van der Waals surface area contributed by atoms with Gasteiger partial charge in [-0.05, 0) is 0 Å². The molecule has 1 fully saturated rings. The van der Waals surface area contributed by atoms with Crippen LogP contribution in [0.2, 0.25) is 0 Å². The van der Waals surface area contributed by atoms with Crippen LogP contribution in [0.4, 0.5) is 0 Å². The third-order valence-corrected chi connectivity index (χ3v) is 2.94. The van der Waals surface area contributed by atoms with Crippen molar-refractivity contribution in [3.8, 4) is 0 Å². The van der Waals surface area contributed by atoms with Crippen molar-refractivity contribution in [2.45, 2.75) is 0 Å². The summed E-state index contributed by atoms with van der Waals surface area (Å²) in [5, 5.41) is 8.72. The average molecular weight is 237 g/mol. The van der Waals surface area contributed by atoms with E-state index >= 15 is 0 Å². The number of rotatable bonds is 5. The van der Waals surface area contributed by atoms with Gasteiger partial charge in [0.15, 0.2) is 0 Å². The summed E-state index contributed by atoms with van der Waals surface area (Å²) < 4.78 is 29.5. The van der Waals surface area contributed by atoms with Crippen molar-refractivity contribution in [2.24, 2.45) is 0 Å². The second-order valence-corrected chi connectivity index (χ2v) is 5.03. The van der Waals surface area contributed by atoms with Crippen LogP contribution in [0, 0.1) is 6.54 Å². The summed E-state index contributed by atoms with van der Waals surface area (Å²) >= 11 is 0. The van der Waals surface area contributed by atoms with Gasteiger partial charge in [0, 0.05) is 39.3 Å². The fraction of sp³-hybridized carbons (Fsp3) is 0.875. The highest BCUT2D eigenvalue weighted by atomic mass is 32.2. The minimum absolute atomic E-state index is 0.148. The number of nitrogens with zero attached hydrogens (tertiary/aromatic N) is 2. The minimum Gasteiger partial charge on any atom is -0.395 e. The molecule has 89 valence electrons. The molecule has 0 aromatic heterocycles. The molecule has 0 bridgehead atoms. The molecule has 7 heteroatoms. The van der Waals surface area contributed by atoms with Gasteiger partial charge in [-0.3, -0.25) is 14.4 Å². The van der Waals surface area contributed by atoms with E-state index in [2.05, 4.69) is 4.90 Å². The molecule has 0 spiro atoms. The zero-order chi connectivity index (χ0) is 11.3. The number of aliphatic hydroxyl groups excluding tert-OH is 1. The largest absolute Gasteiger partial charge is 0.395 e. The smallest absolute Gasteiger partial charge is 0.266 e. The maximum atomic E-state index is 10.5. The first kappa shape index (κ1) is 12.9. The summed E-state index contributed by atoms with van der Waals surface area (Å²) in [6, 6.07) is 0. The molecule has 1 aliphatic heterocycles. The second kappa shape index (κ2) is 5.76. The summed E-state index contributed by atoms with van der Waals surface area (Å²) in [4.78, 5) is 3.99. The molecule has 0 atom stereocenters. The van der Waals surface area contributed by atoms with Crippen molar-refractivity contribution in [2.75, 3.05) is 45.1 Å². The van der Waals surface area contributed by atoms with Gasteiger partial charge in [0.25, 0.3) is 10.1 Å². The van der Waals surface area contributed by atoms with Crippen molar-refractivity contribution in [3.05, 3.63) is 6.54 Å². The summed E-state index contributed by atoms with van der Waals surface area (Å²) in [5.41, 5.74) is 0. The van der Waals surface area contributed by atoms with E-state index in [1.54, 1.807) is 0 Å². The molecule has 0 aromatic rings. The number of β-amino-alcohol motifs (C(OH)–C–C–N with tert-alkyl or cyclic N) is 1. The highest BCUT2D eigenvalue weighted by Gasteiger charge is 2.17. The SMILES string of the molecule is O=S(=O)(O)C[CH]N1CCN(CCO)CC1. The first-order valence-electron chi connectivity index (χ1n) is 4.87. The van der Waals surface area contributed by atoms with E-state index in [1.807, 2.05) is 4.90 Å². The Labute approximate surface area is 90.2 Å². The first-order chi connectivity index (χ1) is 7.01. The van der Waals surface area contributed by atoms with Gasteiger partial charge in [-0.1, -0.05) is 0 Å². The van der Waals surface area contributed by atoms with Crippen molar-refractivity contribution < 1.29 is 18.1 Å². The number of hydrogen-bond donors (Lipinski definition) is 2. The van der Waals surface area contributed by atoms with E-state index in [0.29, 0.717) is 6.54 Å². The number of aliphatic hydroxyl groups is 1. The Bertz CT molecular complexity index is 272. The van der Waals surface area contributed by atoms with Crippen LogP contribution in [0.3, 0.4) is 0 Å². The van der Waals surface area contributed by atoms with Crippen LogP contribution in [-0.2, 0) is 10.1 Å². The minimum atomic E-state index is -3.90. The second-order valence-electron chi connectivity index (χ2n) is 3.53. The summed E-state index contributed by atoms with van der Waals surface area (Å²) in [6.07, 6.45) is 0. The number of hydrogen-bond acceptors (Lipinski definition) is 5. The Morgan fingerprint density at radius 2 is 1.80 bits per heavy atom. The van der Waals surface area contributed by atoms with Crippen LogP contribution in [0.1, 0.15) is 0 Å². The van der Waals surface area contributed by atoms with Gasteiger partial charge in [-0.15, -0.1) is 0 Å². The van der Waals surface area contributed by atoms with Gasteiger partial charge in [-0.25, -0.2) is 0 Å². The molecule has 15 heavy (non-hydrogen) atoms. The average Bonchev–Trinajstić information content (AvgIpc) is 2.16. The van der Waals surface area contributed by atoms with Gasteiger partial charge in [0.1, 0.15) is 0 Å². The quantitative estimate of drug-likeness (QED) is 0.575. The highest BCUT2D eigenvalue weighted by Crippen LogP contribution is 2.04. The monoisotopic (exact) mass is 237 g/mol. The van der Waals surface area contributed by atoms with Crippen molar-refractivity contribution >= 4 is 10.1 Å².